The fourth-order valence-corrected chi connectivity index (χ4v) is 2.36. The van der Waals surface area contributed by atoms with E-state index in [1.807, 2.05) is 0 Å². The van der Waals surface area contributed by atoms with Gasteiger partial charge in [0.2, 0.25) is 0 Å². The molecule has 0 aliphatic heterocycles. The normalized spacial score (nSPS) is 25.1. The second kappa shape index (κ2) is 5.05. The minimum Gasteiger partial charge on any atom is -0.469 e. The number of hydrogen-bond donors (Lipinski definition) is 0. The van der Waals surface area contributed by atoms with Gasteiger partial charge in [-0.05, 0) is 19.3 Å². The smallest absolute Gasteiger partial charge is 0.308 e. The molecule has 1 heterocycles. The van der Waals surface area contributed by atoms with Crippen molar-refractivity contribution in [1.82, 2.24) is 9.97 Å². The maximum Gasteiger partial charge on any atom is 0.308 e. The Kier molecular flexibility index (Phi) is 3.49. The fraction of sp³-hybridized carbons (Fsp3) is 0.583. The van der Waals surface area contributed by atoms with E-state index in [2.05, 4.69) is 9.97 Å². The van der Waals surface area contributed by atoms with Crippen LogP contribution in [0.3, 0.4) is 0 Å². The summed E-state index contributed by atoms with van der Waals surface area (Å²) in [6.45, 7) is 0. The van der Waals surface area contributed by atoms with Crippen molar-refractivity contribution in [3.8, 4) is 0 Å². The van der Waals surface area contributed by atoms with Gasteiger partial charge in [0.1, 0.15) is 0 Å². The zero-order valence-corrected chi connectivity index (χ0v) is 9.43. The molecule has 86 valence electrons. The van der Waals surface area contributed by atoms with Crippen molar-refractivity contribution in [2.75, 3.05) is 7.11 Å². The average Bonchev–Trinajstić information content (AvgIpc) is 2.39. The van der Waals surface area contributed by atoms with Gasteiger partial charge in [-0.3, -0.25) is 14.8 Å². The molecule has 1 saturated carbocycles. The zero-order chi connectivity index (χ0) is 11.4. The van der Waals surface area contributed by atoms with E-state index >= 15 is 0 Å². The second-order valence-corrected chi connectivity index (χ2v) is 4.21. The number of hydrogen-bond acceptors (Lipinski definition) is 4. The first kappa shape index (κ1) is 11.0. The van der Waals surface area contributed by atoms with Crippen LogP contribution in [0.2, 0.25) is 0 Å². The highest BCUT2D eigenvalue weighted by molar-refractivity contribution is 5.72. The summed E-state index contributed by atoms with van der Waals surface area (Å²) in [6, 6.07) is 0. The van der Waals surface area contributed by atoms with Crippen molar-refractivity contribution < 1.29 is 9.53 Å². The summed E-state index contributed by atoms with van der Waals surface area (Å²) in [6.07, 6.45) is 9.09. The van der Waals surface area contributed by atoms with Crippen LogP contribution in [0.1, 0.15) is 37.3 Å². The molecule has 1 aromatic rings. The van der Waals surface area contributed by atoms with Gasteiger partial charge in [0.15, 0.2) is 0 Å². The molecule has 1 aliphatic carbocycles. The molecule has 1 aliphatic rings. The van der Waals surface area contributed by atoms with E-state index < -0.39 is 0 Å². The van der Waals surface area contributed by atoms with Crippen molar-refractivity contribution in [2.45, 2.75) is 31.6 Å². The summed E-state index contributed by atoms with van der Waals surface area (Å²) in [5, 5.41) is 0. The molecular weight excluding hydrogens is 204 g/mol. The third kappa shape index (κ3) is 2.38. The molecule has 2 unspecified atom stereocenters. The third-order valence-corrected chi connectivity index (χ3v) is 3.21. The van der Waals surface area contributed by atoms with Gasteiger partial charge in [-0.1, -0.05) is 6.42 Å². The molecule has 4 heteroatoms. The van der Waals surface area contributed by atoms with Gasteiger partial charge in [0.05, 0.1) is 18.7 Å². The van der Waals surface area contributed by atoms with Crippen LogP contribution in [-0.2, 0) is 9.53 Å². The van der Waals surface area contributed by atoms with Gasteiger partial charge in [-0.2, -0.15) is 0 Å². The van der Waals surface area contributed by atoms with Crippen LogP contribution in [0.4, 0.5) is 0 Å². The van der Waals surface area contributed by atoms with E-state index in [4.69, 9.17) is 4.74 Å². The van der Waals surface area contributed by atoms with Gasteiger partial charge < -0.3 is 4.74 Å². The predicted molar refractivity (Wildman–Crippen MR) is 58.7 cm³/mol. The number of rotatable bonds is 2. The summed E-state index contributed by atoms with van der Waals surface area (Å²) in [5.41, 5.74) is 0.996. The molecular formula is C12H16N2O2. The Morgan fingerprint density at radius 2 is 2.31 bits per heavy atom. The molecule has 1 aromatic heterocycles. The van der Waals surface area contributed by atoms with Gasteiger partial charge in [0.25, 0.3) is 0 Å². The van der Waals surface area contributed by atoms with E-state index in [0.29, 0.717) is 5.92 Å². The Balaban J connectivity index is 2.05. The molecule has 16 heavy (non-hydrogen) atoms. The predicted octanol–water partition coefficient (Wildman–Crippen LogP) is 1.92. The van der Waals surface area contributed by atoms with E-state index in [1.54, 1.807) is 18.6 Å². The van der Waals surface area contributed by atoms with Crippen LogP contribution in [0.5, 0.6) is 0 Å². The molecule has 0 saturated heterocycles. The minimum absolute atomic E-state index is 0.0331. The van der Waals surface area contributed by atoms with E-state index in [-0.39, 0.29) is 11.9 Å². The molecule has 0 amide bonds. The average molecular weight is 220 g/mol. The first-order valence-corrected chi connectivity index (χ1v) is 5.65. The SMILES string of the molecule is COC(=O)C1CCCC(c2cnccn2)C1. The van der Waals surface area contributed by atoms with Crippen LogP contribution in [0.15, 0.2) is 18.6 Å². The highest BCUT2D eigenvalue weighted by Gasteiger charge is 2.29. The monoisotopic (exact) mass is 220 g/mol. The van der Waals surface area contributed by atoms with Gasteiger partial charge in [-0.15, -0.1) is 0 Å². The van der Waals surface area contributed by atoms with Crippen molar-refractivity contribution in [1.29, 1.82) is 0 Å². The lowest BCUT2D eigenvalue weighted by Crippen LogP contribution is -2.23. The van der Waals surface area contributed by atoms with Gasteiger partial charge in [0, 0.05) is 24.5 Å². The molecule has 2 rings (SSSR count). The molecule has 2 atom stereocenters. The molecule has 0 N–H and O–H groups in total. The summed E-state index contributed by atoms with van der Waals surface area (Å²) < 4.78 is 4.80. The Bertz CT molecular complexity index is 353. The molecule has 0 radical (unpaired) electrons. The number of ether oxygens (including phenoxy) is 1. The topological polar surface area (TPSA) is 52.1 Å². The Labute approximate surface area is 95.1 Å². The number of nitrogens with zero attached hydrogens (tertiary/aromatic N) is 2. The maximum atomic E-state index is 11.5. The number of carbonyl (C=O) groups excluding carboxylic acids is 1. The summed E-state index contributed by atoms with van der Waals surface area (Å²) >= 11 is 0. The zero-order valence-electron chi connectivity index (χ0n) is 9.43. The van der Waals surface area contributed by atoms with Crippen LogP contribution in [0.25, 0.3) is 0 Å². The minimum atomic E-state index is -0.0893. The second-order valence-electron chi connectivity index (χ2n) is 4.21. The summed E-state index contributed by atoms with van der Waals surface area (Å²) in [5.74, 6) is 0.297. The molecule has 0 bridgehead atoms. The van der Waals surface area contributed by atoms with Crippen LogP contribution in [0, 0.1) is 5.92 Å². The molecule has 4 nitrogen and oxygen atoms in total. The fourth-order valence-electron chi connectivity index (χ4n) is 2.36. The number of esters is 1. The molecule has 0 aromatic carbocycles. The van der Waals surface area contributed by atoms with Crippen molar-refractivity contribution in [2.24, 2.45) is 5.92 Å². The van der Waals surface area contributed by atoms with Crippen molar-refractivity contribution >= 4 is 5.97 Å². The number of carbonyl (C=O) groups is 1. The molecule has 0 spiro atoms. The van der Waals surface area contributed by atoms with Crippen LogP contribution in [-0.4, -0.2) is 23.0 Å². The Morgan fingerprint density at radius 3 is 3.00 bits per heavy atom. The van der Waals surface area contributed by atoms with Crippen LogP contribution >= 0.6 is 0 Å². The summed E-state index contributed by atoms with van der Waals surface area (Å²) in [4.78, 5) is 19.9. The standard InChI is InChI=1S/C12H16N2O2/c1-16-12(15)10-4-2-3-9(7-10)11-8-13-5-6-14-11/h5-6,8-10H,2-4,7H2,1H3. The Hall–Kier alpha value is -1.45. The first-order valence-electron chi connectivity index (χ1n) is 5.65. The highest BCUT2D eigenvalue weighted by Crippen LogP contribution is 2.35. The first-order chi connectivity index (χ1) is 7.81. The van der Waals surface area contributed by atoms with E-state index in [1.165, 1.54) is 7.11 Å². The van der Waals surface area contributed by atoms with Gasteiger partial charge >= 0.3 is 5.97 Å². The lowest BCUT2D eigenvalue weighted by Gasteiger charge is -2.26. The largest absolute Gasteiger partial charge is 0.469 e. The van der Waals surface area contributed by atoms with Gasteiger partial charge in [-0.25, -0.2) is 0 Å². The van der Waals surface area contributed by atoms with Crippen LogP contribution < -0.4 is 0 Å². The van der Waals surface area contributed by atoms with Crippen molar-refractivity contribution in [3.05, 3.63) is 24.3 Å². The quantitative estimate of drug-likeness (QED) is 0.714. The summed E-state index contributed by atoms with van der Waals surface area (Å²) in [7, 11) is 1.45. The lowest BCUT2D eigenvalue weighted by atomic mass is 9.80. The van der Waals surface area contributed by atoms with E-state index in [9.17, 15) is 4.79 Å². The highest BCUT2D eigenvalue weighted by atomic mass is 16.5. The number of aromatic nitrogens is 2. The molecule has 1 fully saturated rings. The Morgan fingerprint density at radius 1 is 1.44 bits per heavy atom. The van der Waals surface area contributed by atoms with E-state index in [0.717, 1.165) is 31.4 Å². The third-order valence-electron chi connectivity index (χ3n) is 3.21. The maximum absolute atomic E-state index is 11.5. The van der Waals surface area contributed by atoms with Crippen molar-refractivity contribution in [3.63, 3.8) is 0 Å². The number of methoxy groups -OCH3 is 1. The lowest BCUT2D eigenvalue weighted by molar-refractivity contribution is -0.146.